The second kappa shape index (κ2) is 12.4. The van der Waals surface area contributed by atoms with E-state index in [0.717, 1.165) is 19.3 Å². The molecule has 0 heterocycles. The van der Waals surface area contributed by atoms with Gasteiger partial charge in [0.05, 0.1) is 0 Å². The zero-order valence-corrected chi connectivity index (χ0v) is 12.7. The molecule has 0 bridgehead atoms. The molecule has 0 unspecified atom stereocenters. The number of carbonyl (C=O) groups is 1. The Kier molecular flexibility index (Phi) is 10.8. The molecule has 1 aliphatic carbocycles. The zero-order valence-electron chi connectivity index (χ0n) is 12.7. The van der Waals surface area contributed by atoms with E-state index in [1.165, 1.54) is 77.0 Å². The third kappa shape index (κ3) is 11.0. The quantitative estimate of drug-likeness (QED) is 0.526. The Morgan fingerprint density at radius 2 is 1.00 bits per heavy atom. The summed E-state index contributed by atoms with van der Waals surface area (Å²) in [7, 11) is 0. The topological polar surface area (TPSA) is 17.1 Å². The van der Waals surface area contributed by atoms with E-state index in [-0.39, 0.29) is 0 Å². The highest BCUT2D eigenvalue weighted by Gasteiger charge is 1.98. The second-order valence-corrected chi connectivity index (χ2v) is 6.00. The monoisotopic (exact) mass is 264 g/mol. The number of hydrogen-bond acceptors (Lipinski definition) is 1. The number of hydrogen-bond donors (Lipinski definition) is 0. The Bertz CT molecular complexity index is 242. The summed E-state index contributed by atoms with van der Waals surface area (Å²) in [5.41, 5.74) is 0. The van der Waals surface area contributed by atoms with Crippen LogP contribution in [0.1, 0.15) is 96.3 Å². The van der Waals surface area contributed by atoms with Gasteiger partial charge in [-0.3, -0.25) is 4.79 Å². The van der Waals surface area contributed by atoms with Crippen molar-refractivity contribution in [1.29, 1.82) is 0 Å². The van der Waals surface area contributed by atoms with Crippen molar-refractivity contribution in [1.82, 2.24) is 0 Å². The van der Waals surface area contributed by atoms with Crippen molar-refractivity contribution in [2.45, 2.75) is 96.3 Å². The Morgan fingerprint density at radius 1 is 0.579 bits per heavy atom. The number of allylic oxidation sites excluding steroid dienone is 2. The summed E-state index contributed by atoms with van der Waals surface area (Å²) < 4.78 is 0. The molecule has 0 saturated heterocycles. The summed E-state index contributed by atoms with van der Waals surface area (Å²) in [6, 6.07) is 0. The normalized spacial score (nSPS) is 22.6. The summed E-state index contributed by atoms with van der Waals surface area (Å²) in [6.45, 7) is 0. The van der Waals surface area contributed by atoms with E-state index in [0.29, 0.717) is 5.78 Å². The minimum absolute atomic E-state index is 0.334. The van der Waals surface area contributed by atoms with E-state index < -0.39 is 0 Å². The maximum Gasteiger partial charge on any atom is 0.155 e. The van der Waals surface area contributed by atoms with Crippen LogP contribution in [0.3, 0.4) is 0 Å². The van der Waals surface area contributed by atoms with Gasteiger partial charge in [-0.05, 0) is 25.3 Å². The predicted octanol–water partition coefficient (Wildman–Crippen LogP) is 5.98. The lowest BCUT2D eigenvalue weighted by Crippen LogP contribution is -1.92. The molecule has 0 aliphatic heterocycles. The molecule has 0 N–H and O–H groups in total. The lowest BCUT2D eigenvalue weighted by molar-refractivity contribution is -0.114. The fraction of sp³-hybridized carbons (Fsp3) is 0.833. The molecule has 19 heavy (non-hydrogen) atoms. The van der Waals surface area contributed by atoms with Crippen molar-refractivity contribution in [3.63, 3.8) is 0 Å². The molecule has 1 heteroatoms. The van der Waals surface area contributed by atoms with Gasteiger partial charge in [0.15, 0.2) is 5.78 Å². The second-order valence-electron chi connectivity index (χ2n) is 6.00. The lowest BCUT2D eigenvalue weighted by Gasteiger charge is -2.03. The highest BCUT2D eigenvalue weighted by molar-refractivity contribution is 5.89. The molecule has 0 aromatic rings. The molecule has 1 nitrogen and oxygen atoms in total. The average molecular weight is 264 g/mol. The molecule has 0 saturated carbocycles. The molecule has 0 amide bonds. The number of ketones is 1. The minimum atomic E-state index is 0.334. The van der Waals surface area contributed by atoms with Gasteiger partial charge in [0.1, 0.15) is 0 Å². The van der Waals surface area contributed by atoms with Crippen LogP contribution < -0.4 is 0 Å². The molecule has 0 fully saturated rings. The summed E-state index contributed by atoms with van der Waals surface area (Å²) in [5.74, 6) is 0.334. The fourth-order valence-electron chi connectivity index (χ4n) is 2.80. The van der Waals surface area contributed by atoms with Crippen LogP contribution in [0.25, 0.3) is 0 Å². The maximum atomic E-state index is 11.6. The third-order valence-electron chi connectivity index (χ3n) is 4.10. The Labute approximate surface area is 119 Å². The van der Waals surface area contributed by atoms with E-state index in [2.05, 4.69) is 6.08 Å². The molecule has 0 aromatic carbocycles. The van der Waals surface area contributed by atoms with Gasteiger partial charge in [-0.2, -0.15) is 0 Å². The minimum Gasteiger partial charge on any atom is -0.295 e. The van der Waals surface area contributed by atoms with Crippen molar-refractivity contribution < 1.29 is 4.79 Å². The van der Waals surface area contributed by atoms with E-state index >= 15 is 0 Å². The molecule has 0 aromatic heterocycles. The van der Waals surface area contributed by atoms with Crippen LogP contribution >= 0.6 is 0 Å². The first kappa shape index (κ1) is 16.5. The molecular weight excluding hydrogens is 232 g/mol. The first-order valence-corrected chi connectivity index (χ1v) is 8.59. The summed E-state index contributed by atoms with van der Waals surface area (Å²) in [4.78, 5) is 11.6. The largest absolute Gasteiger partial charge is 0.295 e. The van der Waals surface area contributed by atoms with Crippen molar-refractivity contribution in [3.05, 3.63) is 12.2 Å². The van der Waals surface area contributed by atoms with Crippen LogP contribution in [0.5, 0.6) is 0 Å². The SMILES string of the molecule is O=C1C=CCCCCCCCCCCCCCCC1. The molecule has 0 atom stereocenters. The van der Waals surface area contributed by atoms with Gasteiger partial charge < -0.3 is 0 Å². The Balaban J connectivity index is 2.17. The van der Waals surface area contributed by atoms with Crippen molar-refractivity contribution >= 4 is 5.78 Å². The Morgan fingerprint density at radius 3 is 1.53 bits per heavy atom. The van der Waals surface area contributed by atoms with Crippen LogP contribution in [0.2, 0.25) is 0 Å². The van der Waals surface area contributed by atoms with Gasteiger partial charge >= 0.3 is 0 Å². The molecule has 0 radical (unpaired) electrons. The smallest absolute Gasteiger partial charge is 0.155 e. The van der Waals surface area contributed by atoms with Gasteiger partial charge in [-0.1, -0.05) is 76.7 Å². The van der Waals surface area contributed by atoms with Gasteiger partial charge in [0.2, 0.25) is 0 Å². The third-order valence-corrected chi connectivity index (χ3v) is 4.10. The summed E-state index contributed by atoms with van der Waals surface area (Å²) in [5, 5.41) is 0. The van der Waals surface area contributed by atoms with Crippen LogP contribution in [-0.2, 0) is 4.79 Å². The first-order valence-electron chi connectivity index (χ1n) is 8.59. The molecule has 0 spiro atoms. The van der Waals surface area contributed by atoms with Gasteiger partial charge in [-0.15, -0.1) is 0 Å². The van der Waals surface area contributed by atoms with Crippen LogP contribution in [0, 0.1) is 0 Å². The summed E-state index contributed by atoms with van der Waals surface area (Å²) >= 11 is 0. The number of carbonyl (C=O) groups excluding carboxylic acids is 1. The molecule has 110 valence electrons. The van der Waals surface area contributed by atoms with Crippen molar-refractivity contribution in [3.8, 4) is 0 Å². The van der Waals surface area contributed by atoms with E-state index in [1.54, 1.807) is 0 Å². The number of rotatable bonds is 0. The zero-order chi connectivity index (χ0) is 13.6. The standard InChI is InChI=1S/C18H32O/c19-18-16-14-12-10-8-6-4-2-1-3-5-7-9-11-13-15-17-18/h14,16H,1-13,15,17H2. The van der Waals surface area contributed by atoms with Gasteiger partial charge in [0, 0.05) is 6.42 Å². The summed E-state index contributed by atoms with van der Waals surface area (Å²) in [6.07, 6.45) is 23.2. The molecule has 1 aliphatic rings. The average Bonchev–Trinajstić information content (AvgIpc) is 2.41. The van der Waals surface area contributed by atoms with Crippen LogP contribution in [-0.4, -0.2) is 5.78 Å². The van der Waals surface area contributed by atoms with E-state index in [9.17, 15) is 4.79 Å². The Hall–Kier alpha value is -0.590. The van der Waals surface area contributed by atoms with E-state index in [4.69, 9.17) is 0 Å². The molecular formula is C18H32O. The lowest BCUT2D eigenvalue weighted by atomic mass is 10.0. The van der Waals surface area contributed by atoms with Crippen molar-refractivity contribution in [2.24, 2.45) is 0 Å². The van der Waals surface area contributed by atoms with E-state index in [1.807, 2.05) is 6.08 Å². The predicted molar refractivity (Wildman–Crippen MR) is 83.4 cm³/mol. The first-order chi connectivity index (χ1) is 9.39. The van der Waals surface area contributed by atoms with Crippen LogP contribution in [0.15, 0.2) is 12.2 Å². The highest BCUT2D eigenvalue weighted by Crippen LogP contribution is 2.14. The maximum absolute atomic E-state index is 11.6. The van der Waals surface area contributed by atoms with Gasteiger partial charge in [0.25, 0.3) is 0 Å². The van der Waals surface area contributed by atoms with Crippen LogP contribution in [0.4, 0.5) is 0 Å². The highest BCUT2D eigenvalue weighted by atomic mass is 16.1. The van der Waals surface area contributed by atoms with Gasteiger partial charge in [-0.25, -0.2) is 0 Å². The van der Waals surface area contributed by atoms with Crippen molar-refractivity contribution in [2.75, 3.05) is 0 Å². The fourth-order valence-corrected chi connectivity index (χ4v) is 2.80. The molecule has 1 rings (SSSR count).